The van der Waals surface area contributed by atoms with Crippen molar-refractivity contribution in [3.63, 3.8) is 0 Å². The summed E-state index contributed by atoms with van der Waals surface area (Å²) in [6.07, 6.45) is 2.11. The number of aliphatic hydroxyl groups is 1. The Kier molecular flexibility index (Phi) is 5.32. The summed E-state index contributed by atoms with van der Waals surface area (Å²) in [4.78, 5) is 18.4. The lowest BCUT2D eigenvalue weighted by atomic mass is 10.2. The third-order valence-electron chi connectivity index (χ3n) is 3.16. The monoisotopic (exact) mass is 288 g/mol. The Hall–Kier alpha value is -1.90. The first-order valence-corrected chi connectivity index (χ1v) is 7.10. The van der Waals surface area contributed by atoms with Gasteiger partial charge in [-0.05, 0) is 26.0 Å². The van der Waals surface area contributed by atoms with Crippen molar-refractivity contribution >= 4 is 5.91 Å². The molecule has 1 amide bonds. The Morgan fingerprint density at radius 3 is 2.71 bits per heavy atom. The summed E-state index contributed by atoms with van der Waals surface area (Å²) >= 11 is 0. The minimum Gasteiger partial charge on any atom is -0.395 e. The zero-order valence-corrected chi connectivity index (χ0v) is 12.4. The van der Waals surface area contributed by atoms with Crippen LogP contribution in [0.25, 0.3) is 0 Å². The van der Waals surface area contributed by atoms with E-state index in [-0.39, 0.29) is 24.7 Å². The molecule has 0 bridgehead atoms. The second kappa shape index (κ2) is 7.21. The molecule has 0 spiro atoms. The van der Waals surface area contributed by atoms with Gasteiger partial charge in [-0.15, -0.1) is 0 Å². The molecule has 1 aromatic heterocycles. The van der Waals surface area contributed by atoms with E-state index < -0.39 is 0 Å². The molecular weight excluding hydrogens is 268 g/mol. The molecule has 0 radical (unpaired) electrons. The Bertz CT molecular complexity index is 535. The van der Waals surface area contributed by atoms with Crippen molar-refractivity contribution in [1.29, 1.82) is 0 Å². The quantitative estimate of drug-likeness (QED) is 0.827. The predicted octanol–water partition coefficient (Wildman–Crippen LogP) is 1.06. The maximum absolute atomic E-state index is 12.4. The van der Waals surface area contributed by atoms with Gasteiger partial charge < -0.3 is 14.7 Å². The van der Waals surface area contributed by atoms with Crippen molar-refractivity contribution in [2.24, 2.45) is 0 Å². The van der Waals surface area contributed by atoms with Crippen LogP contribution in [0.4, 0.5) is 0 Å². The van der Waals surface area contributed by atoms with E-state index in [9.17, 15) is 4.79 Å². The van der Waals surface area contributed by atoms with E-state index in [0.29, 0.717) is 25.2 Å². The number of hydrogen-bond donors (Lipinski definition) is 1. The van der Waals surface area contributed by atoms with E-state index in [1.54, 1.807) is 23.2 Å². The number of hydrogen-bond acceptors (Lipinski definition) is 4. The number of aromatic nitrogens is 1. The first kappa shape index (κ1) is 15.5. The summed E-state index contributed by atoms with van der Waals surface area (Å²) in [6, 6.07) is 3.47. The van der Waals surface area contributed by atoms with Gasteiger partial charge in [0.25, 0.3) is 5.91 Å². The van der Waals surface area contributed by atoms with Crippen molar-refractivity contribution in [1.82, 2.24) is 9.88 Å². The molecule has 2 unspecified atom stereocenters. The van der Waals surface area contributed by atoms with Crippen LogP contribution in [-0.2, 0) is 4.74 Å². The number of nitrogens with zero attached hydrogens (tertiary/aromatic N) is 2. The highest BCUT2D eigenvalue weighted by Gasteiger charge is 2.27. The largest absolute Gasteiger partial charge is 0.395 e. The molecule has 2 rings (SSSR count). The molecule has 1 aliphatic rings. The lowest BCUT2D eigenvalue weighted by Gasteiger charge is -2.35. The average molecular weight is 288 g/mol. The fraction of sp³-hybridized carbons (Fsp3) is 0.500. The molecule has 2 heterocycles. The van der Waals surface area contributed by atoms with E-state index >= 15 is 0 Å². The third kappa shape index (κ3) is 4.28. The van der Waals surface area contributed by atoms with Crippen LogP contribution in [0.1, 0.15) is 36.3 Å². The first-order valence-electron chi connectivity index (χ1n) is 7.10. The third-order valence-corrected chi connectivity index (χ3v) is 3.16. The smallest absolute Gasteiger partial charge is 0.272 e. The summed E-state index contributed by atoms with van der Waals surface area (Å²) in [5.74, 6) is 5.63. The number of carbonyl (C=O) groups is 1. The van der Waals surface area contributed by atoms with Gasteiger partial charge in [-0.2, -0.15) is 0 Å². The number of rotatable bonds is 2. The molecule has 5 heteroatoms. The maximum Gasteiger partial charge on any atom is 0.272 e. The van der Waals surface area contributed by atoms with E-state index in [4.69, 9.17) is 9.84 Å². The van der Waals surface area contributed by atoms with E-state index in [1.807, 2.05) is 13.8 Å². The van der Waals surface area contributed by atoms with E-state index in [1.165, 1.54) is 0 Å². The van der Waals surface area contributed by atoms with Crippen molar-refractivity contribution in [2.75, 3.05) is 19.7 Å². The zero-order valence-electron chi connectivity index (χ0n) is 12.4. The molecular formula is C16H20N2O3. The highest BCUT2D eigenvalue weighted by atomic mass is 16.5. The molecule has 1 fully saturated rings. The van der Waals surface area contributed by atoms with Gasteiger partial charge in [0.15, 0.2) is 0 Å². The Balaban J connectivity index is 2.04. The molecule has 0 aromatic carbocycles. The van der Waals surface area contributed by atoms with E-state index in [0.717, 1.165) is 5.56 Å². The predicted molar refractivity (Wildman–Crippen MR) is 78.7 cm³/mol. The van der Waals surface area contributed by atoms with Crippen LogP contribution >= 0.6 is 0 Å². The number of carbonyl (C=O) groups excluding carboxylic acids is 1. The number of pyridine rings is 1. The highest BCUT2D eigenvalue weighted by molar-refractivity contribution is 5.92. The lowest BCUT2D eigenvalue weighted by Crippen LogP contribution is -2.48. The molecule has 2 atom stereocenters. The molecule has 1 saturated heterocycles. The minimum atomic E-state index is -0.0770. The standard InChI is InChI=1S/C16H20N2O3/c1-12-10-18(11-13(2)21-12)16(20)15-7-6-14(9-17-15)5-3-4-8-19/h6-7,9,12-13,19H,4,8,10-11H2,1-2H3. The van der Waals surface area contributed by atoms with Crippen LogP contribution < -0.4 is 0 Å². The number of amides is 1. The Labute approximate surface area is 124 Å². The Morgan fingerprint density at radius 1 is 1.43 bits per heavy atom. The molecule has 1 aliphatic heterocycles. The fourth-order valence-corrected chi connectivity index (χ4v) is 2.32. The number of aliphatic hydroxyl groups excluding tert-OH is 1. The zero-order chi connectivity index (χ0) is 15.2. The fourth-order valence-electron chi connectivity index (χ4n) is 2.32. The average Bonchev–Trinajstić information content (AvgIpc) is 2.46. The number of morpholine rings is 1. The summed E-state index contributed by atoms with van der Waals surface area (Å²) in [5.41, 5.74) is 1.16. The van der Waals surface area contributed by atoms with Crippen LogP contribution in [-0.4, -0.2) is 52.8 Å². The van der Waals surface area contributed by atoms with E-state index in [2.05, 4.69) is 16.8 Å². The van der Waals surface area contributed by atoms with Crippen molar-refractivity contribution in [3.05, 3.63) is 29.6 Å². The highest BCUT2D eigenvalue weighted by Crippen LogP contribution is 2.13. The van der Waals surface area contributed by atoms with Crippen LogP contribution in [0.3, 0.4) is 0 Å². The van der Waals surface area contributed by atoms with Crippen LogP contribution in [0.15, 0.2) is 18.3 Å². The molecule has 0 saturated carbocycles. The minimum absolute atomic E-state index is 0.0429. The molecule has 112 valence electrons. The van der Waals surface area contributed by atoms with Crippen LogP contribution in [0.2, 0.25) is 0 Å². The molecule has 21 heavy (non-hydrogen) atoms. The summed E-state index contributed by atoms with van der Waals surface area (Å²) < 4.78 is 5.62. The summed E-state index contributed by atoms with van der Waals surface area (Å²) in [5, 5.41) is 8.67. The van der Waals surface area contributed by atoms with Gasteiger partial charge in [0.1, 0.15) is 5.69 Å². The molecule has 5 nitrogen and oxygen atoms in total. The maximum atomic E-state index is 12.4. The summed E-state index contributed by atoms with van der Waals surface area (Å²) in [7, 11) is 0. The first-order chi connectivity index (χ1) is 10.1. The van der Waals surface area contributed by atoms with Gasteiger partial charge in [0.05, 0.1) is 18.8 Å². The molecule has 0 aliphatic carbocycles. The molecule has 1 aromatic rings. The van der Waals surface area contributed by atoms with Gasteiger partial charge in [-0.25, -0.2) is 4.98 Å². The van der Waals surface area contributed by atoms with Gasteiger partial charge >= 0.3 is 0 Å². The van der Waals surface area contributed by atoms with Crippen LogP contribution in [0.5, 0.6) is 0 Å². The molecule has 1 N–H and O–H groups in total. The van der Waals surface area contributed by atoms with Gasteiger partial charge in [0.2, 0.25) is 0 Å². The van der Waals surface area contributed by atoms with Crippen LogP contribution in [0, 0.1) is 11.8 Å². The summed E-state index contributed by atoms with van der Waals surface area (Å²) in [6.45, 7) is 5.14. The van der Waals surface area contributed by atoms with Crippen molar-refractivity contribution in [3.8, 4) is 11.8 Å². The van der Waals surface area contributed by atoms with Crippen molar-refractivity contribution < 1.29 is 14.6 Å². The van der Waals surface area contributed by atoms with Gasteiger partial charge in [-0.1, -0.05) is 11.8 Å². The van der Waals surface area contributed by atoms with Gasteiger partial charge in [-0.3, -0.25) is 4.79 Å². The second-order valence-corrected chi connectivity index (χ2v) is 5.17. The van der Waals surface area contributed by atoms with Gasteiger partial charge in [0, 0.05) is 31.3 Å². The normalized spacial score (nSPS) is 21.6. The topological polar surface area (TPSA) is 62.7 Å². The lowest BCUT2D eigenvalue weighted by molar-refractivity contribution is -0.0587. The van der Waals surface area contributed by atoms with Crippen molar-refractivity contribution in [2.45, 2.75) is 32.5 Å². The Morgan fingerprint density at radius 2 is 2.14 bits per heavy atom. The second-order valence-electron chi connectivity index (χ2n) is 5.17. The number of ether oxygens (including phenoxy) is 1. The SMILES string of the molecule is CC1CN(C(=O)c2ccc(C#CCCO)cn2)CC(C)O1.